The maximum absolute atomic E-state index is 12.9. The van der Waals surface area contributed by atoms with Gasteiger partial charge in [0.1, 0.15) is 13.2 Å². The summed E-state index contributed by atoms with van der Waals surface area (Å²) in [5.74, 6) is 3.44. The summed E-state index contributed by atoms with van der Waals surface area (Å²) in [6.45, 7) is 4.21. The summed E-state index contributed by atoms with van der Waals surface area (Å²) in [4.78, 5) is 15.0. The number of hydrogen-bond donors (Lipinski definition) is 1. The van der Waals surface area contributed by atoms with E-state index < -0.39 is 0 Å². The van der Waals surface area contributed by atoms with E-state index in [1.54, 1.807) is 0 Å². The van der Waals surface area contributed by atoms with E-state index in [4.69, 9.17) is 9.47 Å². The number of nitrogens with one attached hydrogen (secondary N) is 1. The molecule has 1 amide bonds. The van der Waals surface area contributed by atoms with Gasteiger partial charge in [-0.1, -0.05) is 6.07 Å². The number of fused-ring (bicyclic) bond motifs is 1. The molecule has 0 bridgehead atoms. The van der Waals surface area contributed by atoms with Gasteiger partial charge in [-0.25, -0.2) is 0 Å². The zero-order valence-corrected chi connectivity index (χ0v) is 15.3. The number of ether oxygens (including phenoxy) is 2. The van der Waals surface area contributed by atoms with Crippen LogP contribution in [-0.2, 0) is 4.79 Å². The third-order valence-corrected chi connectivity index (χ3v) is 6.30. The van der Waals surface area contributed by atoms with Gasteiger partial charge in [-0.3, -0.25) is 4.79 Å². The van der Waals surface area contributed by atoms with Crippen molar-refractivity contribution in [2.24, 2.45) is 11.8 Å². The highest BCUT2D eigenvalue weighted by atomic mass is 16.6. The molecule has 2 atom stereocenters. The SMILES string of the molecule is O=C(C1CC1c1ccc2c(c1)OCCO2)N1CCC(NCC2CC2)CC1. The van der Waals surface area contributed by atoms with Gasteiger partial charge in [0.15, 0.2) is 11.5 Å². The number of piperidine rings is 1. The van der Waals surface area contributed by atoms with Crippen molar-refractivity contribution in [2.45, 2.75) is 44.1 Å². The van der Waals surface area contributed by atoms with E-state index in [0.29, 0.717) is 31.1 Å². The molecule has 26 heavy (non-hydrogen) atoms. The van der Waals surface area contributed by atoms with Crippen molar-refractivity contribution in [3.8, 4) is 11.5 Å². The van der Waals surface area contributed by atoms with Crippen LogP contribution in [0.4, 0.5) is 0 Å². The molecule has 1 aromatic carbocycles. The Morgan fingerprint density at radius 1 is 1.08 bits per heavy atom. The summed E-state index contributed by atoms with van der Waals surface area (Å²) in [6, 6.07) is 6.76. The first-order chi connectivity index (χ1) is 12.8. The lowest BCUT2D eigenvalue weighted by Crippen LogP contribution is -2.46. The maximum Gasteiger partial charge on any atom is 0.226 e. The van der Waals surface area contributed by atoms with Crippen LogP contribution in [-0.4, -0.2) is 49.7 Å². The lowest BCUT2D eigenvalue weighted by molar-refractivity contribution is -0.133. The maximum atomic E-state index is 12.9. The van der Waals surface area contributed by atoms with E-state index in [9.17, 15) is 4.79 Å². The number of benzene rings is 1. The average Bonchev–Trinajstić information content (AvgIpc) is 3.60. The second-order valence-corrected chi connectivity index (χ2v) is 8.30. The third kappa shape index (κ3) is 3.41. The van der Waals surface area contributed by atoms with Gasteiger partial charge in [0.2, 0.25) is 5.91 Å². The van der Waals surface area contributed by atoms with Crippen molar-refractivity contribution in [3.05, 3.63) is 23.8 Å². The number of amides is 1. The highest BCUT2D eigenvalue weighted by Crippen LogP contribution is 2.50. The van der Waals surface area contributed by atoms with Crippen molar-refractivity contribution in [2.75, 3.05) is 32.8 Å². The van der Waals surface area contributed by atoms with Crippen LogP contribution in [0.1, 0.15) is 43.6 Å². The van der Waals surface area contributed by atoms with E-state index in [2.05, 4.69) is 22.3 Å². The van der Waals surface area contributed by atoms with Crippen molar-refractivity contribution >= 4 is 5.91 Å². The van der Waals surface area contributed by atoms with Crippen LogP contribution in [0.25, 0.3) is 0 Å². The minimum Gasteiger partial charge on any atom is -0.486 e. The Hall–Kier alpha value is -1.75. The largest absolute Gasteiger partial charge is 0.486 e. The Morgan fingerprint density at radius 3 is 2.62 bits per heavy atom. The van der Waals surface area contributed by atoms with Crippen LogP contribution >= 0.6 is 0 Å². The quantitative estimate of drug-likeness (QED) is 0.881. The fraction of sp³-hybridized carbons (Fsp3) is 0.667. The lowest BCUT2D eigenvalue weighted by Gasteiger charge is -2.33. The summed E-state index contributed by atoms with van der Waals surface area (Å²) >= 11 is 0. The second kappa shape index (κ2) is 6.76. The minimum absolute atomic E-state index is 0.161. The Balaban J connectivity index is 1.14. The van der Waals surface area contributed by atoms with E-state index in [-0.39, 0.29) is 5.92 Å². The molecule has 5 nitrogen and oxygen atoms in total. The Kier molecular flexibility index (Phi) is 4.27. The molecule has 2 unspecified atom stereocenters. The summed E-state index contributed by atoms with van der Waals surface area (Å²) in [5, 5.41) is 3.69. The number of rotatable bonds is 5. The highest BCUT2D eigenvalue weighted by Gasteiger charge is 2.46. The molecule has 0 spiro atoms. The van der Waals surface area contributed by atoms with E-state index in [0.717, 1.165) is 49.8 Å². The fourth-order valence-corrected chi connectivity index (χ4v) is 4.32. The molecule has 2 aliphatic heterocycles. The van der Waals surface area contributed by atoms with Gasteiger partial charge in [0.05, 0.1) is 0 Å². The van der Waals surface area contributed by atoms with Crippen LogP contribution in [0.15, 0.2) is 18.2 Å². The Labute approximate surface area is 155 Å². The second-order valence-electron chi connectivity index (χ2n) is 8.30. The lowest BCUT2D eigenvalue weighted by atomic mass is 10.0. The normalized spacial score (nSPS) is 28.1. The van der Waals surface area contributed by atoms with Crippen molar-refractivity contribution in [3.63, 3.8) is 0 Å². The molecule has 3 fully saturated rings. The van der Waals surface area contributed by atoms with E-state index in [1.165, 1.54) is 24.9 Å². The number of likely N-dealkylation sites (tertiary alicyclic amines) is 1. The summed E-state index contributed by atoms with van der Waals surface area (Å²) in [6.07, 6.45) is 5.96. The molecule has 140 valence electrons. The molecule has 0 aromatic heterocycles. The third-order valence-electron chi connectivity index (χ3n) is 6.30. The van der Waals surface area contributed by atoms with Gasteiger partial charge >= 0.3 is 0 Å². The Morgan fingerprint density at radius 2 is 1.85 bits per heavy atom. The van der Waals surface area contributed by atoms with Crippen molar-refractivity contribution < 1.29 is 14.3 Å². The first-order valence-corrected chi connectivity index (χ1v) is 10.2. The first kappa shape index (κ1) is 16.4. The molecule has 2 aliphatic carbocycles. The van der Waals surface area contributed by atoms with Crippen LogP contribution in [0.5, 0.6) is 11.5 Å². The number of carbonyl (C=O) groups excluding carboxylic acids is 1. The smallest absolute Gasteiger partial charge is 0.226 e. The predicted molar refractivity (Wildman–Crippen MR) is 98.6 cm³/mol. The monoisotopic (exact) mass is 356 g/mol. The van der Waals surface area contributed by atoms with Crippen LogP contribution in [0.2, 0.25) is 0 Å². The zero-order chi connectivity index (χ0) is 17.5. The molecule has 1 saturated heterocycles. The molecule has 1 aromatic rings. The first-order valence-electron chi connectivity index (χ1n) is 10.2. The van der Waals surface area contributed by atoms with Crippen LogP contribution in [0, 0.1) is 11.8 Å². The average molecular weight is 356 g/mol. The Bertz CT molecular complexity index is 680. The van der Waals surface area contributed by atoms with Gasteiger partial charge in [-0.05, 0) is 68.2 Å². The van der Waals surface area contributed by atoms with Gasteiger partial charge in [0.25, 0.3) is 0 Å². The number of nitrogens with zero attached hydrogens (tertiary/aromatic N) is 1. The predicted octanol–water partition coefficient (Wildman–Crippen LogP) is 2.55. The molecular formula is C21H28N2O3. The van der Waals surface area contributed by atoms with Gasteiger partial charge in [0, 0.05) is 25.0 Å². The standard InChI is InChI=1S/C21H28N2O3/c24-21(23-7-5-16(6-8-23)22-13-14-1-2-14)18-12-17(18)15-3-4-19-20(11-15)26-10-9-25-19/h3-4,11,14,16-18,22H,1-2,5-10,12-13H2. The molecule has 2 heterocycles. The van der Waals surface area contributed by atoms with Gasteiger partial charge < -0.3 is 19.7 Å². The summed E-state index contributed by atoms with van der Waals surface area (Å²) < 4.78 is 11.3. The van der Waals surface area contributed by atoms with Crippen molar-refractivity contribution in [1.82, 2.24) is 10.2 Å². The molecule has 4 aliphatic rings. The molecule has 5 rings (SSSR count). The zero-order valence-electron chi connectivity index (χ0n) is 15.3. The molecule has 5 heteroatoms. The molecule has 0 radical (unpaired) electrons. The van der Waals surface area contributed by atoms with E-state index in [1.807, 2.05) is 6.07 Å². The van der Waals surface area contributed by atoms with Gasteiger partial charge in [-0.2, -0.15) is 0 Å². The topological polar surface area (TPSA) is 50.8 Å². The number of hydrogen-bond acceptors (Lipinski definition) is 4. The summed E-state index contributed by atoms with van der Waals surface area (Å²) in [7, 11) is 0. The number of carbonyl (C=O) groups is 1. The van der Waals surface area contributed by atoms with Crippen LogP contribution < -0.4 is 14.8 Å². The van der Waals surface area contributed by atoms with Crippen molar-refractivity contribution in [1.29, 1.82) is 0 Å². The highest BCUT2D eigenvalue weighted by molar-refractivity contribution is 5.83. The summed E-state index contributed by atoms with van der Waals surface area (Å²) in [5.41, 5.74) is 1.22. The minimum atomic E-state index is 0.161. The fourth-order valence-electron chi connectivity index (χ4n) is 4.32. The molecular weight excluding hydrogens is 328 g/mol. The van der Waals surface area contributed by atoms with Crippen LogP contribution in [0.3, 0.4) is 0 Å². The molecule has 1 N–H and O–H groups in total. The van der Waals surface area contributed by atoms with E-state index >= 15 is 0 Å². The van der Waals surface area contributed by atoms with Gasteiger partial charge in [-0.15, -0.1) is 0 Å². The molecule has 2 saturated carbocycles.